The predicted octanol–water partition coefficient (Wildman–Crippen LogP) is 0.534. The Morgan fingerprint density at radius 3 is 2.82 bits per heavy atom. The average molecular weight is 263 g/mol. The lowest BCUT2D eigenvalue weighted by Crippen LogP contribution is -2.17. The van der Waals surface area contributed by atoms with E-state index in [4.69, 9.17) is 10.6 Å². The summed E-state index contributed by atoms with van der Waals surface area (Å²) in [6.07, 6.45) is -0.658. The van der Waals surface area contributed by atoms with E-state index in [9.17, 15) is 13.2 Å². The van der Waals surface area contributed by atoms with Gasteiger partial charge in [-0.1, -0.05) is 6.92 Å². The lowest BCUT2D eigenvalue weighted by atomic mass is 9.96. The number of carbonyl (C=O) groups is 1. The Morgan fingerprint density at radius 1 is 1.71 bits per heavy atom. The van der Waals surface area contributed by atoms with Crippen LogP contribution in [-0.4, -0.2) is 31.5 Å². The molecule has 0 saturated carbocycles. The second-order valence-electron chi connectivity index (χ2n) is 4.08. The van der Waals surface area contributed by atoms with Gasteiger partial charge >= 0.3 is 5.97 Å². The summed E-state index contributed by atoms with van der Waals surface area (Å²) in [5.41, 5.74) is 8.05. The van der Waals surface area contributed by atoms with E-state index in [1.807, 2.05) is 0 Å². The smallest absolute Gasteiger partial charge is 0.311 e. The number of cyclic esters (lactones) is 1. The van der Waals surface area contributed by atoms with Gasteiger partial charge in [-0.15, -0.1) is 0 Å². The van der Waals surface area contributed by atoms with Gasteiger partial charge in [0.05, 0.1) is 11.7 Å². The normalized spacial score (nSPS) is 26.1. The highest BCUT2D eigenvalue weighted by molar-refractivity contribution is 7.90. The van der Waals surface area contributed by atoms with Crippen molar-refractivity contribution in [2.24, 2.45) is 16.4 Å². The summed E-state index contributed by atoms with van der Waals surface area (Å²) in [6, 6.07) is 0. The van der Waals surface area contributed by atoms with E-state index in [2.05, 4.69) is 14.2 Å². The van der Waals surface area contributed by atoms with Crippen LogP contribution in [0, 0.1) is 11.8 Å². The largest absolute Gasteiger partial charge is 0.436 e. The maximum absolute atomic E-state index is 11.2. The molecule has 1 aliphatic heterocycles. The van der Waals surface area contributed by atoms with Crippen molar-refractivity contribution in [1.29, 1.82) is 0 Å². The van der Waals surface area contributed by atoms with E-state index in [1.165, 1.54) is 0 Å². The van der Waals surface area contributed by atoms with Gasteiger partial charge in [0.15, 0.2) is 0 Å². The van der Waals surface area contributed by atoms with Crippen LogP contribution < -0.4 is 0 Å². The molecule has 1 saturated heterocycles. The van der Waals surface area contributed by atoms with Crippen LogP contribution in [0.3, 0.4) is 0 Å². The van der Waals surface area contributed by atoms with Gasteiger partial charge in [0.1, 0.15) is 0 Å². The van der Waals surface area contributed by atoms with Gasteiger partial charge in [-0.3, -0.25) is 4.79 Å². The van der Waals surface area contributed by atoms with Crippen molar-refractivity contribution in [2.75, 3.05) is 5.75 Å². The quantitative estimate of drug-likeness (QED) is 0.335. The van der Waals surface area contributed by atoms with Crippen LogP contribution in [0.1, 0.15) is 19.8 Å². The van der Waals surface area contributed by atoms with Crippen LogP contribution in [0.25, 0.3) is 10.4 Å². The molecule has 0 aromatic heterocycles. The first-order valence-corrected chi connectivity index (χ1v) is 6.62. The molecule has 17 heavy (non-hydrogen) atoms. The minimum Gasteiger partial charge on any atom is -0.436 e. The van der Waals surface area contributed by atoms with Crippen molar-refractivity contribution in [3.05, 3.63) is 10.4 Å². The highest BCUT2D eigenvalue weighted by Gasteiger charge is 2.34. The lowest BCUT2D eigenvalue weighted by Gasteiger charge is -2.11. The Morgan fingerprint density at radius 2 is 2.35 bits per heavy atom. The first kappa shape index (κ1) is 13.8. The van der Waals surface area contributed by atoms with Gasteiger partial charge in [-0.05, 0) is 17.9 Å². The highest BCUT2D eigenvalue weighted by atomic mass is 32.2. The molecule has 0 radical (unpaired) electrons. The van der Waals surface area contributed by atoms with Gasteiger partial charge in [0, 0.05) is 15.9 Å². The summed E-state index contributed by atoms with van der Waals surface area (Å²) in [5, 5.41) is 9.07. The molecule has 1 fully saturated rings. The average Bonchev–Trinajstić information content (AvgIpc) is 2.43. The first-order chi connectivity index (χ1) is 7.84. The molecule has 3 unspecified atom stereocenters. The molecule has 0 bridgehead atoms. The predicted molar refractivity (Wildman–Crippen MR) is 56.9 cm³/mol. The summed E-state index contributed by atoms with van der Waals surface area (Å²) in [6.45, 7) is 1.63. The Bertz CT molecular complexity index is 442. The van der Waals surface area contributed by atoms with Crippen molar-refractivity contribution in [2.45, 2.75) is 26.1 Å². The van der Waals surface area contributed by atoms with Crippen LogP contribution >= 0.6 is 0 Å². The minimum atomic E-state index is -3.81. The molecule has 3 atom stereocenters. The zero-order valence-electron chi connectivity index (χ0n) is 9.18. The van der Waals surface area contributed by atoms with Crippen LogP contribution in [0.4, 0.5) is 0 Å². The number of rotatable bonds is 5. The molecule has 0 aromatic rings. The Labute approximate surface area is 98.3 Å². The van der Waals surface area contributed by atoms with Crippen LogP contribution in [0.2, 0.25) is 0 Å². The third-order valence-electron chi connectivity index (χ3n) is 2.41. The van der Waals surface area contributed by atoms with E-state index in [0.717, 1.165) is 0 Å². The second-order valence-corrected chi connectivity index (χ2v) is 5.75. The highest BCUT2D eigenvalue weighted by Crippen LogP contribution is 2.26. The molecule has 0 aromatic carbocycles. The first-order valence-electron chi connectivity index (χ1n) is 5.01. The number of nitrogens with zero attached hydrogens (tertiary/aromatic N) is 3. The van der Waals surface area contributed by atoms with Crippen LogP contribution in [0.15, 0.2) is 4.52 Å². The van der Waals surface area contributed by atoms with Gasteiger partial charge in [0.2, 0.25) is 16.3 Å². The van der Waals surface area contributed by atoms with Crippen LogP contribution in [-0.2, 0) is 19.6 Å². The zero-order valence-corrected chi connectivity index (χ0v) is 10.00. The topological polar surface area (TPSA) is 129 Å². The van der Waals surface area contributed by atoms with Gasteiger partial charge < -0.3 is 9.84 Å². The van der Waals surface area contributed by atoms with E-state index >= 15 is 0 Å². The van der Waals surface area contributed by atoms with E-state index in [-0.39, 0.29) is 24.5 Å². The number of hydrogen-bond donors (Lipinski definition) is 1. The van der Waals surface area contributed by atoms with Crippen molar-refractivity contribution in [3.63, 3.8) is 0 Å². The fraction of sp³-hybridized carbons (Fsp3) is 0.875. The molecule has 9 heteroatoms. The summed E-state index contributed by atoms with van der Waals surface area (Å²) in [7, 11) is -3.81. The summed E-state index contributed by atoms with van der Waals surface area (Å²) in [4.78, 5) is 13.4. The zero-order chi connectivity index (χ0) is 13.1. The Balaban J connectivity index is 2.53. The summed E-state index contributed by atoms with van der Waals surface area (Å²) in [5.74, 6) is -1.70. The number of hydrogen-bond acceptors (Lipinski definition) is 5. The number of azide groups is 1. The molecule has 1 rings (SSSR count). The standard InChI is InChI=1S/C8H13N3O5S/c1-5(4-17(14,15)11-10-9)2-6-3-7(12)16-8(6)13/h5-7,12H,2-4H2,1H3. The van der Waals surface area contributed by atoms with E-state index in [0.29, 0.717) is 0 Å². The lowest BCUT2D eigenvalue weighted by molar-refractivity contribution is -0.155. The summed E-state index contributed by atoms with van der Waals surface area (Å²) < 4.78 is 29.6. The number of ether oxygens (including phenoxy) is 1. The molecule has 1 N–H and O–H groups in total. The minimum absolute atomic E-state index is 0.171. The van der Waals surface area contributed by atoms with Crippen molar-refractivity contribution >= 4 is 16.0 Å². The van der Waals surface area contributed by atoms with Gasteiger partial charge in [0.25, 0.3) is 0 Å². The van der Waals surface area contributed by atoms with Crippen molar-refractivity contribution in [1.82, 2.24) is 0 Å². The summed E-state index contributed by atoms with van der Waals surface area (Å²) >= 11 is 0. The second kappa shape index (κ2) is 5.35. The van der Waals surface area contributed by atoms with Crippen molar-refractivity contribution in [3.8, 4) is 0 Å². The van der Waals surface area contributed by atoms with Gasteiger partial charge in [-0.25, -0.2) is 8.42 Å². The molecule has 96 valence electrons. The van der Waals surface area contributed by atoms with E-state index in [1.54, 1.807) is 6.92 Å². The Kier molecular flexibility index (Phi) is 4.33. The molecule has 0 amide bonds. The SMILES string of the molecule is CC(CC1CC(O)OC1=O)CS(=O)(=O)N=[N+]=[N-]. The number of carbonyl (C=O) groups excluding carboxylic acids is 1. The number of esters is 1. The maximum Gasteiger partial charge on any atom is 0.311 e. The van der Waals surface area contributed by atoms with Crippen molar-refractivity contribution < 1.29 is 23.1 Å². The molecular formula is C8H13N3O5S. The third kappa shape index (κ3) is 4.22. The Hall–Kier alpha value is -1.31. The molecule has 1 heterocycles. The molecular weight excluding hydrogens is 250 g/mol. The molecule has 8 nitrogen and oxygen atoms in total. The molecule has 1 aliphatic rings. The fourth-order valence-electron chi connectivity index (χ4n) is 1.81. The monoisotopic (exact) mass is 263 g/mol. The number of sulfonamides is 1. The maximum atomic E-state index is 11.2. The number of aliphatic hydroxyl groups is 1. The fourth-order valence-corrected chi connectivity index (χ4v) is 2.85. The molecule has 0 aliphatic carbocycles. The van der Waals surface area contributed by atoms with Gasteiger partial charge in [-0.2, -0.15) is 0 Å². The van der Waals surface area contributed by atoms with Crippen LogP contribution in [0.5, 0.6) is 0 Å². The third-order valence-corrected chi connectivity index (χ3v) is 3.73. The number of aliphatic hydroxyl groups excluding tert-OH is 1. The van der Waals surface area contributed by atoms with E-state index < -0.39 is 28.2 Å². The molecule has 0 spiro atoms.